The Morgan fingerprint density at radius 3 is 2.70 bits per heavy atom. The van der Waals surface area contributed by atoms with Crippen LogP contribution in [0.25, 0.3) is 11.2 Å². The van der Waals surface area contributed by atoms with Gasteiger partial charge in [-0.1, -0.05) is 0 Å². The van der Waals surface area contributed by atoms with E-state index in [2.05, 4.69) is 40.5 Å². The van der Waals surface area contributed by atoms with Crippen molar-refractivity contribution in [3.8, 4) is 0 Å². The van der Waals surface area contributed by atoms with Gasteiger partial charge in [0.1, 0.15) is 11.3 Å². The number of halogens is 1. The van der Waals surface area contributed by atoms with Crippen LogP contribution in [0.2, 0.25) is 0 Å². The summed E-state index contributed by atoms with van der Waals surface area (Å²) in [4.78, 5) is 11.8. The summed E-state index contributed by atoms with van der Waals surface area (Å²) >= 11 is 7.86. The van der Waals surface area contributed by atoms with Crippen molar-refractivity contribution in [1.29, 1.82) is 0 Å². The smallest absolute Gasteiger partial charge is 0.160 e. The van der Waals surface area contributed by atoms with E-state index in [9.17, 15) is 0 Å². The van der Waals surface area contributed by atoms with Crippen LogP contribution in [0.1, 0.15) is 26.7 Å². The molecule has 3 aromatic heterocycles. The van der Waals surface area contributed by atoms with Crippen molar-refractivity contribution >= 4 is 34.1 Å². The van der Waals surface area contributed by atoms with Crippen LogP contribution in [0.4, 0.5) is 0 Å². The molecule has 0 unspecified atom stereocenters. The third-order valence-electron chi connectivity index (χ3n) is 3.45. The molecular formula is C15H16ClN3S. The second-order valence-corrected chi connectivity index (χ2v) is 6.66. The molecule has 0 aliphatic heterocycles. The van der Waals surface area contributed by atoms with Gasteiger partial charge in [-0.2, -0.15) is 0 Å². The van der Waals surface area contributed by atoms with Crippen molar-refractivity contribution in [2.24, 2.45) is 0 Å². The fourth-order valence-corrected chi connectivity index (χ4v) is 3.56. The van der Waals surface area contributed by atoms with Crippen LogP contribution >= 0.6 is 22.9 Å². The number of pyridine rings is 1. The number of thiophene rings is 1. The summed E-state index contributed by atoms with van der Waals surface area (Å²) < 4.78 is 2.12. The van der Waals surface area contributed by atoms with E-state index in [1.807, 2.05) is 24.5 Å². The summed E-state index contributed by atoms with van der Waals surface area (Å²) in [6, 6.07) is 4.29. The Morgan fingerprint density at radius 2 is 2.05 bits per heavy atom. The number of alkyl halides is 1. The first-order valence-electron chi connectivity index (χ1n) is 6.52. The molecule has 3 rings (SSSR count). The van der Waals surface area contributed by atoms with Crippen LogP contribution < -0.4 is 0 Å². The van der Waals surface area contributed by atoms with Crippen molar-refractivity contribution in [2.75, 3.05) is 0 Å². The maximum absolute atomic E-state index is 6.04. The van der Waals surface area contributed by atoms with Gasteiger partial charge in [0.05, 0.1) is 12.4 Å². The van der Waals surface area contributed by atoms with Gasteiger partial charge in [0.15, 0.2) is 5.65 Å². The molecule has 0 saturated carbocycles. The number of aromatic nitrogens is 3. The highest BCUT2D eigenvalue weighted by molar-refractivity contribution is 7.12. The molecule has 0 aliphatic rings. The van der Waals surface area contributed by atoms with Gasteiger partial charge < -0.3 is 4.57 Å². The molecule has 5 heteroatoms. The number of hydrogen-bond donors (Lipinski definition) is 0. The molecule has 0 fully saturated rings. The fraction of sp³-hybridized carbons (Fsp3) is 0.333. The van der Waals surface area contributed by atoms with E-state index in [0.717, 1.165) is 29.1 Å². The summed E-state index contributed by atoms with van der Waals surface area (Å²) in [7, 11) is 0. The van der Waals surface area contributed by atoms with Gasteiger partial charge in [-0.05, 0) is 44.0 Å². The highest BCUT2D eigenvalue weighted by atomic mass is 35.5. The first-order valence-corrected chi connectivity index (χ1v) is 7.87. The van der Waals surface area contributed by atoms with Gasteiger partial charge in [-0.25, -0.2) is 9.97 Å². The van der Waals surface area contributed by atoms with E-state index in [0.29, 0.717) is 5.88 Å². The monoisotopic (exact) mass is 305 g/mol. The highest BCUT2D eigenvalue weighted by Crippen LogP contribution is 2.24. The molecule has 0 radical (unpaired) electrons. The second-order valence-electron chi connectivity index (χ2n) is 5.06. The number of nitrogens with zero attached hydrogens (tertiary/aromatic N) is 3. The molecule has 20 heavy (non-hydrogen) atoms. The number of fused-ring (bicyclic) bond motifs is 1. The average molecular weight is 306 g/mol. The molecular weight excluding hydrogens is 290 g/mol. The largest absolute Gasteiger partial charge is 0.306 e. The van der Waals surface area contributed by atoms with E-state index in [4.69, 9.17) is 11.6 Å². The van der Waals surface area contributed by atoms with Crippen molar-refractivity contribution in [2.45, 2.75) is 33.2 Å². The third-order valence-corrected chi connectivity index (χ3v) is 4.83. The molecule has 0 amide bonds. The Bertz CT molecular complexity index is 753. The molecule has 3 aromatic rings. The lowest BCUT2D eigenvalue weighted by Crippen LogP contribution is -2.03. The molecule has 0 bridgehead atoms. The van der Waals surface area contributed by atoms with Crippen LogP contribution in [0.3, 0.4) is 0 Å². The molecule has 3 heterocycles. The normalized spacial score (nSPS) is 11.4. The number of imidazole rings is 1. The fourth-order valence-electron chi connectivity index (χ4n) is 2.31. The Balaban J connectivity index is 2.09. The quantitative estimate of drug-likeness (QED) is 0.679. The second kappa shape index (κ2) is 5.19. The minimum atomic E-state index is 0.402. The lowest BCUT2D eigenvalue weighted by molar-refractivity contribution is 0.780. The van der Waals surface area contributed by atoms with Crippen LogP contribution in [0.15, 0.2) is 18.3 Å². The van der Waals surface area contributed by atoms with Gasteiger partial charge in [-0.15, -0.1) is 22.9 Å². The van der Waals surface area contributed by atoms with Gasteiger partial charge in [0, 0.05) is 16.0 Å². The molecule has 104 valence electrons. The summed E-state index contributed by atoms with van der Waals surface area (Å²) in [6.45, 7) is 7.11. The molecule has 3 nitrogen and oxygen atoms in total. The van der Waals surface area contributed by atoms with E-state index < -0.39 is 0 Å². The zero-order chi connectivity index (χ0) is 14.3. The van der Waals surface area contributed by atoms with Crippen LogP contribution in [-0.4, -0.2) is 14.5 Å². The van der Waals surface area contributed by atoms with Crippen molar-refractivity contribution < 1.29 is 0 Å². The number of aryl methyl sites for hydroxylation is 3. The molecule has 0 saturated heterocycles. The predicted octanol–water partition coefficient (Wildman–Crippen LogP) is 4.21. The van der Waals surface area contributed by atoms with E-state index >= 15 is 0 Å². The summed E-state index contributed by atoms with van der Waals surface area (Å²) in [5, 5.41) is 0. The molecule has 0 spiro atoms. The van der Waals surface area contributed by atoms with Gasteiger partial charge >= 0.3 is 0 Å². The van der Waals surface area contributed by atoms with E-state index in [1.54, 1.807) is 0 Å². The predicted molar refractivity (Wildman–Crippen MR) is 84.7 cm³/mol. The van der Waals surface area contributed by atoms with Crippen LogP contribution in [0.5, 0.6) is 0 Å². The van der Waals surface area contributed by atoms with Gasteiger partial charge in [0.2, 0.25) is 0 Å². The first kappa shape index (κ1) is 13.6. The Kier molecular flexibility index (Phi) is 3.52. The maximum Gasteiger partial charge on any atom is 0.160 e. The van der Waals surface area contributed by atoms with E-state index in [1.165, 1.54) is 15.3 Å². The number of rotatable bonds is 3. The van der Waals surface area contributed by atoms with Gasteiger partial charge in [-0.3, -0.25) is 0 Å². The minimum Gasteiger partial charge on any atom is -0.306 e. The maximum atomic E-state index is 6.04. The standard InChI is InChI=1S/C15H16ClN3S/c1-9-4-13-15(17-7-9)19(14(6-16)18-13)8-12-5-10(2)11(3)20-12/h4-5,7H,6,8H2,1-3H3. The van der Waals surface area contributed by atoms with Crippen molar-refractivity contribution in [3.63, 3.8) is 0 Å². The highest BCUT2D eigenvalue weighted by Gasteiger charge is 2.13. The Hall–Kier alpha value is -1.39. The zero-order valence-corrected chi connectivity index (χ0v) is 13.3. The Labute approximate surface area is 127 Å². The third kappa shape index (κ3) is 2.34. The van der Waals surface area contributed by atoms with Crippen LogP contribution in [0, 0.1) is 20.8 Å². The minimum absolute atomic E-state index is 0.402. The SMILES string of the molecule is Cc1cnc2c(c1)nc(CCl)n2Cc1cc(C)c(C)s1. The lowest BCUT2D eigenvalue weighted by Gasteiger charge is -2.05. The summed E-state index contributed by atoms with van der Waals surface area (Å²) in [5.74, 6) is 1.28. The van der Waals surface area contributed by atoms with Crippen molar-refractivity contribution in [1.82, 2.24) is 14.5 Å². The summed E-state index contributed by atoms with van der Waals surface area (Å²) in [5.41, 5.74) is 4.29. The van der Waals surface area contributed by atoms with Gasteiger partial charge in [0.25, 0.3) is 0 Å². The molecule has 0 aliphatic carbocycles. The van der Waals surface area contributed by atoms with Crippen LogP contribution in [-0.2, 0) is 12.4 Å². The molecule has 0 atom stereocenters. The zero-order valence-electron chi connectivity index (χ0n) is 11.8. The van der Waals surface area contributed by atoms with E-state index in [-0.39, 0.29) is 0 Å². The van der Waals surface area contributed by atoms with Crippen molar-refractivity contribution in [3.05, 3.63) is 45.0 Å². The lowest BCUT2D eigenvalue weighted by atomic mass is 10.3. The molecule has 0 N–H and O–H groups in total. The molecule has 0 aromatic carbocycles. The first-order chi connectivity index (χ1) is 9.58. The topological polar surface area (TPSA) is 30.7 Å². The summed E-state index contributed by atoms with van der Waals surface area (Å²) in [6.07, 6.45) is 1.88. The Morgan fingerprint density at radius 1 is 1.25 bits per heavy atom. The average Bonchev–Trinajstić information content (AvgIpc) is 2.91. The number of hydrogen-bond acceptors (Lipinski definition) is 3.